The molecule has 5 nitrogen and oxygen atoms in total. The first-order valence-corrected chi connectivity index (χ1v) is 7.08. The maximum absolute atomic E-state index is 8.47. The molecule has 0 saturated heterocycles. The highest BCUT2D eigenvalue weighted by Gasteiger charge is 2.04. The highest BCUT2D eigenvalue weighted by molar-refractivity contribution is 5.29. The molecule has 1 aromatic heterocycles. The summed E-state index contributed by atoms with van der Waals surface area (Å²) in [6.07, 6.45) is 6.67. The smallest absolute Gasteiger partial charge is 0.174 e. The van der Waals surface area contributed by atoms with Gasteiger partial charge in [0, 0.05) is 25.0 Å². The van der Waals surface area contributed by atoms with Gasteiger partial charge in [0.1, 0.15) is 11.8 Å². The molecule has 2 aromatic rings. The van der Waals surface area contributed by atoms with Crippen LogP contribution >= 0.6 is 0 Å². The van der Waals surface area contributed by atoms with Crippen molar-refractivity contribution in [3.05, 3.63) is 48.5 Å². The third-order valence-corrected chi connectivity index (χ3v) is 3.29. The Hall–Kier alpha value is -2.32. The molecular formula is C16H20N4O. The molecule has 0 bridgehead atoms. The average Bonchev–Trinajstić information content (AvgIpc) is 3.03. The Labute approximate surface area is 125 Å². The minimum atomic E-state index is 0.0847. The van der Waals surface area contributed by atoms with Crippen molar-refractivity contribution < 1.29 is 4.74 Å². The SMILES string of the molecule is CC(NCCCn1ccnc1)c1ccc(OCC#N)cc1. The van der Waals surface area contributed by atoms with Crippen LogP contribution in [0.25, 0.3) is 0 Å². The van der Waals surface area contributed by atoms with E-state index in [-0.39, 0.29) is 12.6 Å². The van der Waals surface area contributed by atoms with Crippen LogP contribution in [-0.2, 0) is 6.54 Å². The summed E-state index contributed by atoms with van der Waals surface area (Å²) in [6, 6.07) is 10.1. The number of benzene rings is 1. The first kappa shape index (κ1) is 15.1. The Bertz CT molecular complexity index is 557. The third kappa shape index (κ3) is 4.93. The lowest BCUT2D eigenvalue weighted by atomic mass is 10.1. The summed E-state index contributed by atoms with van der Waals surface area (Å²) in [5, 5.41) is 12.0. The predicted molar refractivity (Wildman–Crippen MR) is 80.8 cm³/mol. The Kier molecular flexibility index (Phi) is 5.80. The maximum atomic E-state index is 8.47. The summed E-state index contributed by atoms with van der Waals surface area (Å²) >= 11 is 0. The summed E-state index contributed by atoms with van der Waals surface area (Å²) in [4.78, 5) is 4.02. The quantitative estimate of drug-likeness (QED) is 0.757. The molecule has 0 aliphatic rings. The van der Waals surface area contributed by atoms with Gasteiger partial charge in [0.15, 0.2) is 6.61 Å². The maximum Gasteiger partial charge on any atom is 0.174 e. The van der Waals surface area contributed by atoms with Crippen LogP contribution in [0.1, 0.15) is 24.9 Å². The Morgan fingerprint density at radius 3 is 2.86 bits per heavy atom. The van der Waals surface area contributed by atoms with E-state index in [1.807, 2.05) is 42.9 Å². The van der Waals surface area contributed by atoms with Crippen molar-refractivity contribution in [2.75, 3.05) is 13.2 Å². The van der Waals surface area contributed by atoms with E-state index >= 15 is 0 Å². The van der Waals surface area contributed by atoms with Gasteiger partial charge in [0.2, 0.25) is 0 Å². The van der Waals surface area contributed by atoms with Gasteiger partial charge in [-0.3, -0.25) is 0 Å². The molecule has 0 saturated carbocycles. The molecule has 0 fully saturated rings. The van der Waals surface area contributed by atoms with Gasteiger partial charge >= 0.3 is 0 Å². The van der Waals surface area contributed by atoms with Crippen LogP contribution in [0.3, 0.4) is 0 Å². The molecule has 0 aliphatic carbocycles. The predicted octanol–water partition coefficient (Wildman–Crippen LogP) is 2.53. The number of aryl methyl sites for hydroxylation is 1. The largest absolute Gasteiger partial charge is 0.479 e. The molecule has 1 N–H and O–H groups in total. The number of ether oxygens (including phenoxy) is 1. The van der Waals surface area contributed by atoms with Crippen LogP contribution in [0.5, 0.6) is 5.75 Å². The van der Waals surface area contributed by atoms with Gasteiger partial charge in [-0.25, -0.2) is 4.98 Å². The molecule has 1 atom stereocenters. The lowest BCUT2D eigenvalue weighted by Gasteiger charge is -2.15. The lowest BCUT2D eigenvalue weighted by molar-refractivity contribution is 0.368. The van der Waals surface area contributed by atoms with E-state index in [1.165, 1.54) is 5.56 Å². The van der Waals surface area contributed by atoms with Crippen LogP contribution in [-0.4, -0.2) is 22.7 Å². The van der Waals surface area contributed by atoms with Crippen LogP contribution in [0.2, 0.25) is 0 Å². The van der Waals surface area contributed by atoms with E-state index in [0.29, 0.717) is 0 Å². The van der Waals surface area contributed by atoms with Gasteiger partial charge in [0.25, 0.3) is 0 Å². The first-order valence-electron chi connectivity index (χ1n) is 7.08. The zero-order valence-electron chi connectivity index (χ0n) is 12.2. The van der Waals surface area contributed by atoms with Crippen molar-refractivity contribution in [1.29, 1.82) is 5.26 Å². The molecule has 110 valence electrons. The van der Waals surface area contributed by atoms with Crippen LogP contribution < -0.4 is 10.1 Å². The first-order chi connectivity index (χ1) is 10.3. The fourth-order valence-electron chi connectivity index (χ4n) is 2.09. The number of nitrogens with zero attached hydrogens (tertiary/aromatic N) is 3. The fraction of sp³-hybridized carbons (Fsp3) is 0.375. The summed E-state index contributed by atoms with van der Waals surface area (Å²) < 4.78 is 7.32. The molecule has 0 radical (unpaired) electrons. The second-order valence-corrected chi connectivity index (χ2v) is 4.85. The van der Waals surface area contributed by atoms with E-state index in [1.54, 1.807) is 6.20 Å². The molecule has 0 amide bonds. The number of aromatic nitrogens is 2. The fourth-order valence-corrected chi connectivity index (χ4v) is 2.09. The molecule has 5 heteroatoms. The second kappa shape index (κ2) is 8.08. The number of hydrogen-bond acceptors (Lipinski definition) is 4. The summed E-state index contributed by atoms with van der Waals surface area (Å²) in [6.45, 7) is 4.15. The molecular weight excluding hydrogens is 264 g/mol. The summed E-state index contributed by atoms with van der Waals surface area (Å²) in [7, 11) is 0. The Morgan fingerprint density at radius 2 is 2.19 bits per heavy atom. The van der Waals surface area contributed by atoms with Crippen LogP contribution in [0, 0.1) is 11.3 Å². The van der Waals surface area contributed by atoms with Gasteiger partial charge in [-0.2, -0.15) is 5.26 Å². The van der Waals surface area contributed by atoms with Gasteiger partial charge in [-0.15, -0.1) is 0 Å². The lowest BCUT2D eigenvalue weighted by Crippen LogP contribution is -2.20. The number of nitriles is 1. The van der Waals surface area contributed by atoms with Crippen molar-refractivity contribution in [3.8, 4) is 11.8 Å². The normalized spacial score (nSPS) is 11.8. The number of rotatable bonds is 8. The average molecular weight is 284 g/mol. The van der Waals surface area contributed by atoms with Crippen molar-refractivity contribution in [1.82, 2.24) is 14.9 Å². The summed E-state index contributed by atoms with van der Waals surface area (Å²) in [5.41, 5.74) is 1.21. The Balaban J connectivity index is 1.72. The monoisotopic (exact) mass is 284 g/mol. The zero-order valence-corrected chi connectivity index (χ0v) is 12.2. The minimum Gasteiger partial charge on any atom is -0.479 e. The van der Waals surface area contributed by atoms with Crippen molar-refractivity contribution in [2.24, 2.45) is 0 Å². The van der Waals surface area contributed by atoms with E-state index in [4.69, 9.17) is 10.00 Å². The van der Waals surface area contributed by atoms with Gasteiger partial charge in [0.05, 0.1) is 6.33 Å². The van der Waals surface area contributed by atoms with E-state index in [9.17, 15) is 0 Å². The molecule has 1 aromatic carbocycles. The highest BCUT2D eigenvalue weighted by atomic mass is 16.5. The number of imidazole rings is 1. The molecule has 21 heavy (non-hydrogen) atoms. The van der Waals surface area contributed by atoms with Gasteiger partial charge in [-0.05, 0) is 37.6 Å². The van der Waals surface area contributed by atoms with Crippen LogP contribution in [0.15, 0.2) is 43.0 Å². The van der Waals surface area contributed by atoms with E-state index < -0.39 is 0 Å². The van der Waals surface area contributed by atoms with Crippen molar-refractivity contribution in [2.45, 2.75) is 25.9 Å². The number of nitrogens with one attached hydrogen (secondary N) is 1. The van der Waals surface area contributed by atoms with Gasteiger partial charge in [-0.1, -0.05) is 12.1 Å². The van der Waals surface area contributed by atoms with Crippen LogP contribution in [0.4, 0.5) is 0 Å². The number of hydrogen-bond donors (Lipinski definition) is 1. The molecule has 0 spiro atoms. The van der Waals surface area contributed by atoms with E-state index in [2.05, 4.69) is 21.8 Å². The molecule has 1 heterocycles. The van der Waals surface area contributed by atoms with E-state index in [0.717, 1.165) is 25.3 Å². The molecule has 1 unspecified atom stereocenters. The molecule has 2 rings (SSSR count). The second-order valence-electron chi connectivity index (χ2n) is 4.85. The zero-order chi connectivity index (χ0) is 14.9. The summed E-state index contributed by atoms with van der Waals surface area (Å²) in [5.74, 6) is 0.729. The van der Waals surface area contributed by atoms with Crippen molar-refractivity contribution in [3.63, 3.8) is 0 Å². The topological polar surface area (TPSA) is 62.9 Å². The minimum absolute atomic E-state index is 0.0847. The molecule has 0 aliphatic heterocycles. The standard InChI is InChI=1S/C16H20N4O/c1-14(19-8-2-10-20-11-9-18-13-20)15-3-5-16(6-4-15)21-12-7-17/h3-6,9,11,13-14,19H,2,8,10,12H2,1H3. The van der Waals surface area contributed by atoms with Gasteiger partial charge < -0.3 is 14.6 Å². The third-order valence-electron chi connectivity index (χ3n) is 3.29. The Morgan fingerprint density at radius 1 is 1.38 bits per heavy atom. The highest BCUT2D eigenvalue weighted by Crippen LogP contribution is 2.17. The van der Waals surface area contributed by atoms with Crippen molar-refractivity contribution >= 4 is 0 Å².